The van der Waals surface area contributed by atoms with E-state index in [0.717, 1.165) is 24.6 Å². The molecule has 0 aromatic carbocycles. The van der Waals surface area contributed by atoms with E-state index in [9.17, 15) is 8.42 Å². The van der Waals surface area contributed by atoms with Gasteiger partial charge < -0.3 is 4.90 Å². The molecule has 3 rings (SSSR count). The molecule has 0 saturated carbocycles. The molecule has 2 heterocycles. The highest BCUT2D eigenvalue weighted by atomic mass is 32.2. The Hall–Kier alpha value is -1.03. The molecule has 1 saturated heterocycles. The molecule has 98 valence electrons. The Kier molecular flexibility index (Phi) is 3.06. The number of hydrogen-bond acceptors (Lipinski definition) is 3. The molecule has 1 unspecified atom stereocenters. The van der Waals surface area contributed by atoms with E-state index in [2.05, 4.69) is 11.0 Å². The summed E-state index contributed by atoms with van der Waals surface area (Å²) in [6.45, 7) is 1.99. The van der Waals surface area contributed by atoms with E-state index in [1.807, 2.05) is 6.08 Å². The summed E-state index contributed by atoms with van der Waals surface area (Å²) in [6.07, 6.45) is 11.1. The van der Waals surface area contributed by atoms with Crippen molar-refractivity contribution in [2.75, 3.05) is 18.8 Å². The van der Waals surface area contributed by atoms with Gasteiger partial charge in [-0.15, -0.1) is 0 Å². The minimum absolute atomic E-state index is 0.162. The van der Waals surface area contributed by atoms with Gasteiger partial charge in [-0.1, -0.05) is 12.2 Å². The first-order chi connectivity index (χ1) is 8.64. The number of allylic oxidation sites excluding steroid dienone is 2. The van der Waals surface area contributed by atoms with E-state index in [4.69, 9.17) is 0 Å². The molecule has 1 fully saturated rings. The summed E-state index contributed by atoms with van der Waals surface area (Å²) in [6, 6.07) is 0. The van der Waals surface area contributed by atoms with Crippen molar-refractivity contribution in [2.24, 2.45) is 5.92 Å². The van der Waals surface area contributed by atoms with Crippen LogP contribution in [0, 0.1) is 5.92 Å². The summed E-state index contributed by atoms with van der Waals surface area (Å²) in [5, 5.41) is 1.35. The average molecular weight is 265 g/mol. The van der Waals surface area contributed by atoms with Crippen LogP contribution >= 0.6 is 0 Å². The molecule has 18 heavy (non-hydrogen) atoms. The van der Waals surface area contributed by atoms with E-state index in [-0.39, 0.29) is 5.75 Å². The predicted molar refractivity (Wildman–Crippen MR) is 72.6 cm³/mol. The average Bonchev–Trinajstić information content (AvgIpc) is 2.76. The first-order valence-electron chi connectivity index (χ1n) is 6.69. The van der Waals surface area contributed by atoms with Gasteiger partial charge in [-0.3, -0.25) is 0 Å². The molecule has 3 aliphatic rings. The number of fused-ring (bicyclic) bond motifs is 1. The standard InChI is InChI=1S/C14H19NO2S/c16-18(17)9-6-12(7-10-18)11-15-8-5-13-3-1-2-4-14(13)15/h4,6-7,9,13H,1-3,5,8,10-11H2. The highest BCUT2D eigenvalue weighted by Gasteiger charge is 2.29. The lowest BCUT2D eigenvalue weighted by Gasteiger charge is -2.26. The van der Waals surface area contributed by atoms with Crippen LogP contribution in [0.5, 0.6) is 0 Å². The van der Waals surface area contributed by atoms with Crippen LogP contribution in [0.1, 0.15) is 25.7 Å². The van der Waals surface area contributed by atoms with Crippen molar-refractivity contribution >= 4 is 9.84 Å². The van der Waals surface area contributed by atoms with Gasteiger partial charge in [0.15, 0.2) is 9.84 Å². The fourth-order valence-corrected chi connectivity index (χ4v) is 4.03. The van der Waals surface area contributed by atoms with E-state index in [1.165, 1.54) is 36.8 Å². The molecule has 0 aromatic heterocycles. The highest BCUT2D eigenvalue weighted by Crippen LogP contribution is 2.36. The van der Waals surface area contributed by atoms with Gasteiger partial charge in [0.25, 0.3) is 0 Å². The smallest absolute Gasteiger partial charge is 0.175 e. The van der Waals surface area contributed by atoms with Gasteiger partial charge in [-0.25, -0.2) is 8.42 Å². The summed E-state index contributed by atoms with van der Waals surface area (Å²) in [5.41, 5.74) is 2.64. The summed E-state index contributed by atoms with van der Waals surface area (Å²) < 4.78 is 22.6. The molecule has 2 aliphatic heterocycles. The second kappa shape index (κ2) is 4.57. The van der Waals surface area contributed by atoms with E-state index in [0.29, 0.717) is 0 Å². The predicted octanol–water partition coefficient (Wildman–Crippen LogP) is 2.24. The van der Waals surface area contributed by atoms with Crippen molar-refractivity contribution in [3.05, 3.63) is 34.9 Å². The number of sulfone groups is 1. The maximum atomic E-state index is 11.3. The third-order valence-corrected chi connectivity index (χ3v) is 5.26. The molecule has 0 spiro atoms. The summed E-state index contributed by atoms with van der Waals surface area (Å²) >= 11 is 0. The third kappa shape index (κ3) is 2.39. The SMILES string of the molecule is O=S1(=O)C=CC(CN2CCC3CCCC=C32)=CC1. The molecule has 0 N–H and O–H groups in total. The maximum absolute atomic E-state index is 11.3. The van der Waals surface area contributed by atoms with Crippen LogP contribution in [-0.4, -0.2) is 32.2 Å². The van der Waals surface area contributed by atoms with Gasteiger partial charge in [0.05, 0.1) is 5.75 Å². The van der Waals surface area contributed by atoms with E-state index in [1.54, 1.807) is 6.08 Å². The molecule has 0 radical (unpaired) electrons. The van der Waals surface area contributed by atoms with Gasteiger partial charge in [-0.2, -0.15) is 0 Å². The third-order valence-electron chi connectivity index (χ3n) is 4.08. The number of likely N-dealkylation sites (tertiary alicyclic amines) is 1. The minimum atomic E-state index is -2.96. The van der Waals surface area contributed by atoms with Gasteiger partial charge >= 0.3 is 0 Å². The van der Waals surface area contributed by atoms with Crippen molar-refractivity contribution in [3.63, 3.8) is 0 Å². The number of hydrogen-bond donors (Lipinski definition) is 0. The zero-order valence-electron chi connectivity index (χ0n) is 10.5. The molecule has 4 heteroatoms. The zero-order valence-corrected chi connectivity index (χ0v) is 11.3. The first kappa shape index (κ1) is 12.0. The molecular weight excluding hydrogens is 246 g/mol. The fraction of sp³-hybridized carbons (Fsp3) is 0.571. The number of rotatable bonds is 2. The zero-order chi connectivity index (χ0) is 12.6. The Bertz CT molecular complexity index is 528. The lowest BCUT2D eigenvalue weighted by atomic mass is 9.92. The van der Waals surface area contributed by atoms with Crippen LogP contribution in [0.4, 0.5) is 0 Å². The normalized spacial score (nSPS) is 29.8. The largest absolute Gasteiger partial charge is 0.371 e. The molecule has 3 nitrogen and oxygen atoms in total. The first-order valence-corrected chi connectivity index (χ1v) is 8.40. The van der Waals surface area contributed by atoms with Crippen molar-refractivity contribution in [1.82, 2.24) is 4.90 Å². The second-order valence-corrected chi connectivity index (χ2v) is 7.31. The minimum Gasteiger partial charge on any atom is -0.371 e. The van der Waals surface area contributed by atoms with E-state index >= 15 is 0 Å². The Morgan fingerprint density at radius 3 is 2.94 bits per heavy atom. The van der Waals surface area contributed by atoms with Crippen molar-refractivity contribution in [2.45, 2.75) is 25.7 Å². The molecule has 0 amide bonds. The Morgan fingerprint density at radius 2 is 2.17 bits per heavy atom. The van der Waals surface area contributed by atoms with Crippen molar-refractivity contribution in [1.29, 1.82) is 0 Å². The lowest BCUT2D eigenvalue weighted by Crippen LogP contribution is -2.23. The Balaban J connectivity index is 1.70. The quantitative estimate of drug-likeness (QED) is 0.768. The van der Waals surface area contributed by atoms with Gasteiger partial charge in [0.2, 0.25) is 0 Å². The van der Waals surface area contributed by atoms with Gasteiger partial charge in [0, 0.05) is 30.1 Å². The van der Waals surface area contributed by atoms with Crippen LogP contribution in [0.3, 0.4) is 0 Å². The van der Waals surface area contributed by atoms with Crippen molar-refractivity contribution < 1.29 is 8.42 Å². The fourth-order valence-electron chi connectivity index (χ4n) is 3.09. The van der Waals surface area contributed by atoms with Crippen LogP contribution in [0.15, 0.2) is 34.9 Å². The van der Waals surface area contributed by atoms with Crippen LogP contribution < -0.4 is 0 Å². The summed E-state index contributed by atoms with van der Waals surface area (Å²) in [4.78, 5) is 2.43. The monoisotopic (exact) mass is 265 g/mol. The second-order valence-electron chi connectivity index (χ2n) is 5.38. The molecule has 0 aromatic rings. The van der Waals surface area contributed by atoms with Crippen LogP contribution in [0.2, 0.25) is 0 Å². The summed E-state index contributed by atoms with van der Waals surface area (Å²) in [7, 11) is -2.96. The van der Waals surface area contributed by atoms with Crippen LogP contribution in [-0.2, 0) is 9.84 Å². The Labute approximate surface area is 109 Å². The topological polar surface area (TPSA) is 37.4 Å². The number of nitrogens with zero attached hydrogens (tertiary/aromatic N) is 1. The molecule has 1 atom stereocenters. The Morgan fingerprint density at radius 1 is 1.28 bits per heavy atom. The molecule has 1 aliphatic carbocycles. The van der Waals surface area contributed by atoms with Gasteiger partial charge in [-0.05, 0) is 37.3 Å². The van der Waals surface area contributed by atoms with Crippen molar-refractivity contribution in [3.8, 4) is 0 Å². The lowest BCUT2D eigenvalue weighted by molar-refractivity contribution is 0.411. The maximum Gasteiger partial charge on any atom is 0.175 e. The molecule has 0 bridgehead atoms. The summed E-state index contributed by atoms with van der Waals surface area (Å²) in [5.74, 6) is 0.922. The highest BCUT2D eigenvalue weighted by molar-refractivity contribution is 7.94. The molecular formula is C14H19NO2S. The van der Waals surface area contributed by atoms with Crippen LogP contribution in [0.25, 0.3) is 0 Å². The van der Waals surface area contributed by atoms with Gasteiger partial charge in [0.1, 0.15) is 0 Å². The van der Waals surface area contributed by atoms with E-state index < -0.39 is 9.84 Å².